The molecule has 0 heterocycles. The summed E-state index contributed by atoms with van der Waals surface area (Å²) in [4.78, 5) is -0.421. The van der Waals surface area contributed by atoms with Crippen molar-refractivity contribution in [2.24, 2.45) is 0 Å². The quantitative estimate of drug-likeness (QED) is 0.363. The summed E-state index contributed by atoms with van der Waals surface area (Å²) in [5.74, 6) is 0. The molecule has 11 heteroatoms. The fourth-order valence-corrected chi connectivity index (χ4v) is 5.60. The van der Waals surface area contributed by atoms with Crippen LogP contribution in [0.4, 0.5) is 0 Å². The van der Waals surface area contributed by atoms with Gasteiger partial charge in [0.25, 0.3) is 0 Å². The normalized spacial score (nSPS) is 12.4. The molecule has 0 spiro atoms. The summed E-state index contributed by atoms with van der Waals surface area (Å²) in [7, 11) is -12.7. The Morgan fingerprint density at radius 1 is 0.917 bits per heavy atom. The Hall–Kier alpha value is -0.490. The molecule has 128 valence electrons. The van der Waals surface area contributed by atoms with Crippen molar-refractivity contribution in [2.45, 2.75) is 22.3 Å². The zero-order valence-corrected chi connectivity index (χ0v) is 17.4. The molecular formula is C13H15NaO7S3. The largest absolute Gasteiger partial charge is 1.00 e. The van der Waals surface area contributed by atoms with Gasteiger partial charge in [-0.15, -0.1) is 0 Å². The molecule has 1 aromatic rings. The summed E-state index contributed by atoms with van der Waals surface area (Å²) >= 11 is 0. The van der Waals surface area contributed by atoms with Crippen LogP contribution in [0.3, 0.4) is 0 Å². The van der Waals surface area contributed by atoms with E-state index < -0.39 is 39.3 Å². The van der Waals surface area contributed by atoms with E-state index in [0.717, 1.165) is 12.1 Å². The van der Waals surface area contributed by atoms with Crippen molar-refractivity contribution >= 4 is 29.8 Å². The van der Waals surface area contributed by atoms with Gasteiger partial charge in [-0.3, -0.25) is 0 Å². The van der Waals surface area contributed by atoms with Crippen molar-refractivity contribution in [3.05, 3.63) is 53.8 Å². The van der Waals surface area contributed by atoms with Crippen LogP contribution in [0.1, 0.15) is 12.0 Å². The van der Waals surface area contributed by atoms with E-state index in [2.05, 4.69) is 13.2 Å². The molecule has 0 saturated heterocycles. The molecule has 0 aliphatic carbocycles. The molecule has 1 rings (SSSR count). The Balaban J connectivity index is 0.00000529. The van der Waals surface area contributed by atoms with Gasteiger partial charge in [-0.05, 0) is 30.5 Å². The fraction of sp³-hybridized carbons (Fsp3) is 0.231. The number of hydrogen-bond acceptors (Lipinski definition) is 7. The Morgan fingerprint density at radius 2 is 1.33 bits per heavy atom. The zero-order valence-electron chi connectivity index (χ0n) is 13.0. The molecule has 0 aromatic heterocycles. The molecule has 0 aliphatic heterocycles. The third-order valence-electron chi connectivity index (χ3n) is 3.08. The van der Waals surface area contributed by atoms with Crippen LogP contribution in [-0.4, -0.2) is 34.4 Å². The topological polar surface area (TPSA) is 125 Å². The van der Waals surface area contributed by atoms with E-state index in [1.54, 1.807) is 0 Å². The van der Waals surface area contributed by atoms with Gasteiger partial charge in [0.1, 0.15) is 10.1 Å². The van der Waals surface area contributed by atoms with Crippen molar-refractivity contribution in [1.29, 1.82) is 0 Å². The first-order valence-electron chi connectivity index (χ1n) is 6.21. The predicted octanol–water partition coefficient (Wildman–Crippen LogP) is -2.03. The molecule has 0 unspecified atom stereocenters. The minimum absolute atomic E-state index is 0. The van der Waals surface area contributed by atoms with Gasteiger partial charge in [0.05, 0.1) is 4.90 Å². The third-order valence-corrected chi connectivity index (χ3v) is 8.40. The van der Waals surface area contributed by atoms with E-state index in [1.165, 1.54) is 12.1 Å². The van der Waals surface area contributed by atoms with Crippen molar-refractivity contribution in [3.63, 3.8) is 0 Å². The summed E-state index contributed by atoms with van der Waals surface area (Å²) < 4.78 is 78.1. The molecule has 7 nitrogen and oxygen atoms in total. The van der Waals surface area contributed by atoms with Crippen LogP contribution in [0, 0.1) is 0 Å². The number of aryl methyl sites for hydroxylation is 1. The van der Waals surface area contributed by atoms with E-state index in [1.807, 2.05) is 0 Å². The summed E-state index contributed by atoms with van der Waals surface area (Å²) in [5, 5.41) is 1.15. The fourth-order valence-electron chi connectivity index (χ4n) is 1.84. The first kappa shape index (κ1) is 23.5. The van der Waals surface area contributed by atoms with Gasteiger partial charge in [-0.2, -0.15) is 0 Å². The Labute approximate surface area is 164 Å². The zero-order chi connectivity index (χ0) is 17.9. The van der Waals surface area contributed by atoms with Gasteiger partial charge < -0.3 is 4.55 Å². The predicted molar refractivity (Wildman–Crippen MR) is 84.7 cm³/mol. The maximum Gasteiger partial charge on any atom is 1.00 e. The van der Waals surface area contributed by atoms with Crippen LogP contribution in [-0.2, 0) is 36.2 Å². The van der Waals surface area contributed by atoms with Gasteiger partial charge in [0, 0.05) is 10.8 Å². The van der Waals surface area contributed by atoms with Gasteiger partial charge >= 0.3 is 29.6 Å². The molecular weight excluding hydrogens is 387 g/mol. The first-order valence-corrected chi connectivity index (χ1v) is 10.8. The van der Waals surface area contributed by atoms with Crippen molar-refractivity contribution in [2.75, 3.05) is 0 Å². The second-order valence-electron chi connectivity index (χ2n) is 4.58. The molecule has 0 radical (unpaired) electrons. The third kappa shape index (κ3) is 6.10. The van der Waals surface area contributed by atoms with Crippen molar-refractivity contribution in [3.8, 4) is 0 Å². The summed E-state index contributed by atoms with van der Waals surface area (Å²) in [5.41, 5.74) is 0.487. The molecule has 24 heavy (non-hydrogen) atoms. The average molecular weight is 402 g/mol. The monoisotopic (exact) mass is 402 g/mol. The van der Waals surface area contributed by atoms with E-state index in [0.29, 0.717) is 16.4 Å². The number of sulfone groups is 2. The molecule has 0 bridgehead atoms. The summed E-state index contributed by atoms with van der Waals surface area (Å²) in [6, 6.07) is 4.80. The van der Waals surface area contributed by atoms with E-state index >= 15 is 0 Å². The number of rotatable bonds is 8. The molecule has 1 aromatic carbocycles. The Bertz CT molecular complexity index is 861. The van der Waals surface area contributed by atoms with Crippen LogP contribution >= 0.6 is 0 Å². The molecule has 0 aliphatic rings. The van der Waals surface area contributed by atoms with Gasteiger partial charge in [0.15, 0.2) is 24.3 Å². The van der Waals surface area contributed by atoms with Crippen LogP contribution in [0.25, 0.3) is 0 Å². The summed E-state index contributed by atoms with van der Waals surface area (Å²) in [6.07, 6.45) is -0.212. The van der Waals surface area contributed by atoms with Crippen LogP contribution in [0.15, 0.2) is 53.1 Å². The Morgan fingerprint density at radius 3 is 1.67 bits per heavy atom. The van der Waals surface area contributed by atoms with Gasteiger partial charge in [0.2, 0.25) is 0 Å². The minimum Gasteiger partial charge on any atom is -0.744 e. The SMILES string of the molecule is C=CS(=O)(=O)C(CCc1ccc(S(=O)(=O)[O-])cc1)S(=O)(=O)C=C.[Na+]. The van der Waals surface area contributed by atoms with E-state index in [4.69, 9.17) is 0 Å². The molecule has 0 N–H and O–H groups in total. The number of hydrogen-bond donors (Lipinski definition) is 0. The van der Waals surface area contributed by atoms with E-state index in [9.17, 15) is 29.8 Å². The second kappa shape index (κ2) is 8.75. The Kier molecular flexibility index (Phi) is 8.57. The van der Waals surface area contributed by atoms with Crippen LogP contribution < -0.4 is 29.6 Å². The second-order valence-corrected chi connectivity index (χ2v) is 10.4. The van der Waals surface area contributed by atoms with Crippen LogP contribution in [0.5, 0.6) is 0 Å². The molecule has 0 atom stereocenters. The van der Waals surface area contributed by atoms with Gasteiger partial charge in [-0.1, -0.05) is 25.3 Å². The maximum absolute atomic E-state index is 11.8. The molecule has 0 fully saturated rings. The maximum atomic E-state index is 11.8. The van der Waals surface area contributed by atoms with Crippen LogP contribution in [0.2, 0.25) is 0 Å². The first-order chi connectivity index (χ1) is 10.4. The summed E-state index contributed by atoms with van der Waals surface area (Å²) in [6.45, 7) is 6.21. The molecule has 0 amide bonds. The standard InChI is InChI=1S/C13H16O7S3.Na/c1-3-21(14,15)13(22(16,17)4-2)10-7-11-5-8-12(9-6-11)23(18,19)20;/h3-6,8-9,13H,1-2,7,10H2,(H,18,19,20);/q;+1/p-1. The van der Waals surface area contributed by atoms with Crippen molar-refractivity contribution in [1.82, 2.24) is 0 Å². The molecule has 0 saturated carbocycles. The van der Waals surface area contributed by atoms with Crippen molar-refractivity contribution < 1.29 is 59.4 Å². The minimum atomic E-state index is -4.57. The number of benzene rings is 1. The smallest absolute Gasteiger partial charge is 0.744 e. The van der Waals surface area contributed by atoms with E-state index in [-0.39, 0.29) is 42.4 Å². The average Bonchev–Trinajstić information content (AvgIpc) is 2.46. The van der Waals surface area contributed by atoms with Gasteiger partial charge in [-0.25, -0.2) is 25.3 Å².